The van der Waals surface area contributed by atoms with Gasteiger partial charge in [0, 0.05) is 19.6 Å². The second kappa shape index (κ2) is 4.42. The van der Waals surface area contributed by atoms with Crippen LogP contribution < -0.4 is 0 Å². The molecule has 18 heavy (non-hydrogen) atoms. The predicted octanol–water partition coefficient (Wildman–Crippen LogP) is 1.21. The van der Waals surface area contributed by atoms with Crippen molar-refractivity contribution in [1.29, 1.82) is 0 Å². The molecule has 2 aromatic rings. The maximum absolute atomic E-state index is 9.79. The monoisotopic (exact) mass is 245 g/mol. The number of hydrogen-bond donors (Lipinski definition) is 2. The van der Waals surface area contributed by atoms with Gasteiger partial charge in [-0.25, -0.2) is 9.67 Å². The number of para-hydroxylation sites is 1. The summed E-state index contributed by atoms with van der Waals surface area (Å²) in [6, 6.07) is 7.06. The molecule has 1 aromatic carbocycles. The summed E-state index contributed by atoms with van der Waals surface area (Å²) >= 11 is 0. The Kier molecular flexibility index (Phi) is 2.76. The molecule has 0 saturated heterocycles. The highest BCUT2D eigenvalue weighted by atomic mass is 16.3. The molecule has 3 rings (SSSR count). The number of benzene rings is 1. The Bertz CT molecular complexity index is 565. The van der Waals surface area contributed by atoms with Crippen LogP contribution in [0.15, 0.2) is 24.3 Å². The average Bonchev–Trinajstić information content (AvgIpc) is 2.81. The first-order valence-electron chi connectivity index (χ1n) is 6.11. The van der Waals surface area contributed by atoms with Crippen LogP contribution in [0.4, 0.5) is 0 Å². The number of aliphatic hydroxyl groups excluding tert-OH is 1. The minimum atomic E-state index is 0.193. The van der Waals surface area contributed by atoms with Gasteiger partial charge in [-0.15, -0.1) is 0 Å². The van der Waals surface area contributed by atoms with E-state index in [2.05, 4.69) is 10.1 Å². The number of aryl methyl sites for hydroxylation is 1. The van der Waals surface area contributed by atoms with Crippen LogP contribution in [0, 0.1) is 5.92 Å². The molecule has 0 spiro atoms. The highest BCUT2D eigenvalue weighted by molar-refractivity contribution is 5.63. The molecule has 0 aliphatic carbocycles. The lowest BCUT2D eigenvalue weighted by Crippen LogP contribution is -2.22. The first kappa shape index (κ1) is 11.2. The zero-order chi connectivity index (χ0) is 12.5. The number of aromatic hydroxyl groups is 1. The maximum Gasteiger partial charge on any atom is 0.185 e. The minimum Gasteiger partial charge on any atom is -0.507 e. The number of fused-ring (bicyclic) bond motifs is 1. The van der Waals surface area contributed by atoms with Crippen molar-refractivity contribution in [2.75, 3.05) is 6.61 Å². The SMILES string of the molecule is OCC1CCn2nc(-c3ccccc3O)nc2C1. The van der Waals surface area contributed by atoms with E-state index in [4.69, 9.17) is 0 Å². The van der Waals surface area contributed by atoms with Crippen molar-refractivity contribution in [3.63, 3.8) is 0 Å². The molecule has 1 aromatic heterocycles. The first-order valence-corrected chi connectivity index (χ1v) is 6.11. The lowest BCUT2D eigenvalue weighted by molar-refractivity contribution is 0.196. The summed E-state index contributed by atoms with van der Waals surface area (Å²) < 4.78 is 1.87. The van der Waals surface area contributed by atoms with Gasteiger partial charge < -0.3 is 10.2 Å². The second-order valence-corrected chi connectivity index (χ2v) is 4.63. The molecule has 1 aliphatic heterocycles. The third-order valence-electron chi connectivity index (χ3n) is 3.37. The minimum absolute atomic E-state index is 0.193. The van der Waals surface area contributed by atoms with Gasteiger partial charge in [-0.2, -0.15) is 5.10 Å². The Morgan fingerprint density at radius 2 is 2.17 bits per heavy atom. The van der Waals surface area contributed by atoms with Crippen molar-refractivity contribution < 1.29 is 10.2 Å². The van der Waals surface area contributed by atoms with Gasteiger partial charge in [0.2, 0.25) is 0 Å². The summed E-state index contributed by atoms with van der Waals surface area (Å²) in [6.07, 6.45) is 1.67. The number of phenolic OH excluding ortho intramolecular Hbond substituents is 1. The van der Waals surface area contributed by atoms with Crippen LogP contribution >= 0.6 is 0 Å². The summed E-state index contributed by atoms with van der Waals surface area (Å²) in [4.78, 5) is 4.46. The van der Waals surface area contributed by atoms with Crippen LogP contribution in [0.25, 0.3) is 11.4 Å². The van der Waals surface area contributed by atoms with Crippen LogP contribution in [-0.4, -0.2) is 31.6 Å². The molecular weight excluding hydrogens is 230 g/mol. The number of aliphatic hydroxyl groups is 1. The molecule has 1 aliphatic rings. The van der Waals surface area contributed by atoms with Gasteiger partial charge in [-0.3, -0.25) is 0 Å². The molecule has 0 saturated carbocycles. The highest BCUT2D eigenvalue weighted by Gasteiger charge is 2.22. The van der Waals surface area contributed by atoms with Crippen LogP contribution in [0.5, 0.6) is 5.75 Å². The summed E-state index contributed by atoms with van der Waals surface area (Å²) in [5.74, 6) is 1.92. The van der Waals surface area contributed by atoms with Crippen LogP contribution in [-0.2, 0) is 13.0 Å². The first-order chi connectivity index (χ1) is 8.78. The van der Waals surface area contributed by atoms with Gasteiger partial charge in [0.15, 0.2) is 5.82 Å². The Labute approximate surface area is 105 Å². The number of hydrogen-bond acceptors (Lipinski definition) is 4. The molecule has 5 nitrogen and oxygen atoms in total. The average molecular weight is 245 g/mol. The van der Waals surface area contributed by atoms with E-state index in [0.29, 0.717) is 11.4 Å². The lowest BCUT2D eigenvalue weighted by atomic mass is 9.99. The molecule has 0 fully saturated rings. The van der Waals surface area contributed by atoms with Gasteiger partial charge in [-0.05, 0) is 24.5 Å². The number of nitrogens with zero attached hydrogens (tertiary/aromatic N) is 3. The summed E-state index contributed by atoms with van der Waals surface area (Å²) in [5, 5.41) is 23.4. The molecule has 1 atom stereocenters. The Morgan fingerprint density at radius 1 is 1.33 bits per heavy atom. The lowest BCUT2D eigenvalue weighted by Gasteiger charge is -2.19. The van der Waals surface area contributed by atoms with Gasteiger partial charge in [0.05, 0.1) is 5.56 Å². The van der Waals surface area contributed by atoms with Crippen LogP contribution in [0.2, 0.25) is 0 Å². The molecule has 1 unspecified atom stereocenters. The van der Waals surface area contributed by atoms with Gasteiger partial charge >= 0.3 is 0 Å². The Hall–Kier alpha value is -1.88. The van der Waals surface area contributed by atoms with Crippen molar-refractivity contribution >= 4 is 0 Å². The van der Waals surface area contributed by atoms with Gasteiger partial charge in [0.1, 0.15) is 11.6 Å². The smallest absolute Gasteiger partial charge is 0.185 e. The third kappa shape index (κ3) is 1.86. The Morgan fingerprint density at radius 3 is 2.94 bits per heavy atom. The van der Waals surface area contributed by atoms with E-state index in [1.807, 2.05) is 10.7 Å². The van der Waals surface area contributed by atoms with Crippen LogP contribution in [0.1, 0.15) is 12.2 Å². The normalized spacial score (nSPS) is 18.6. The summed E-state index contributed by atoms with van der Waals surface area (Å²) in [7, 11) is 0. The molecule has 2 heterocycles. The second-order valence-electron chi connectivity index (χ2n) is 4.63. The molecule has 0 bridgehead atoms. The summed E-state index contributed by atoms with van der Waals surface area (Å²) in [6.45, 7) is 0.972. The zero-order valence-corrected chi connectivity index (χ0v) is 9.95. The van der Waals surface area contributed by atoms with E-state index < -0.39 is 0 Å². The topological polar surface area (TPSA) is 71.2 Å². The third-order valence-corrected chi connectivity index (χ3v) is 3.37. The molecule has 5 heteroatoms. The van der Waals surface area contributed by atoms with Gasteiger partial charge in [-0.1, -0.05) is 12.1 Å². The summed E-state index contributed by atoms with van der Waals surface area (Å²) in [5.41, 5.74) is 0.653. The predicted molar refractivity (Wildman–Crippen MR) is 66.0 cm³/mol. The fraction of sp³-hybridized carbons (Fsp3) is 0.385. The molecular formula is C13H15N3O2. The fourth-order valence-electron chi connectivity index (χ4n) is 2.30. The largest absolute Gasteiger partial charge is 0.507 e. The van der Waals surface area contributed by atoms with E-state index in [9.17, 15) is 10.2 Å². The number of phenols is 1. The molecule has 2 N–H and O–H groups in total. The van der Waals surface area contributed by atoms with Crippen molar-refractivity contribution in [1.82, 2.24) is 14.8 Å². The van der Waals surface area contributed by atoms with Crippen molar-refractivity contribution in [3.05, 3.63) is 30.1 Å². The van der Waals surface area contributed by atoms with Crippen molar-refractivity contribution in [2.45, 2.75) is 19.4 Å². The fourth-order valence-corrected chi connectivity index (χ4v) is 2.30. The highest BCUT2D eigenvalue weighted by Crippen LogP contribution is 2.28. The van der Waals surface area contributed by atoms with E-state index in [-0.39, 0.29) is 18.3 Å². The van der Waals surface area contributed by atoms with E-state index in [0.717, 1.165) is 25.2 Å². The van der Waals surface area contributed by atoms with E-state index in [1.54, 1.807) is 18.2 Å². The molecule has 94 valence electrons. The van der Waals surface area contributed by atoms with Crippen LogP contribution in [0.3, 0.4) is 0 Å². The number of aromatic nitrogens is 3. The molecule has 0 amide bonds. The maximum atomic E-state index is 9.79. The number of rotatable bonds is 2. The van der Waals surface area contributed by atoms with E-state index in [1.165, 1.54) is 0 Å². The van der Waals surface area contributed by atoms with Crippen molar-refractivity contribution in [3.8, 4) is 17.1 Å². The van der Waals surface area contributed by atoms with Crippen molar-refractivity contribution in [2.24, 2.45) is 5.92 Å². The Balaban J connectivity index is 1.97. The zero-order valence-electron chi connectivity index (χ0n) is 9.95. The van der Waals surface area contributed by atoms with Gasteiger partial charge in [0.25, 0.3) is 0 Å². The molecule has 0 radical (unpaired) electrons. The quantitative estimate of drug-likeness (QED) is 0.834. The van der Waals surface area contributed by atoms with E-state index >= 15 is 0 Å². The standard InChI is InChI=1S/C13H15N3O2/c17-8-9-5-6-16-12(7-9)14-13(15-16)10-3-1-2-4-11(10)18/h1-4,9,17-18H,5-8H2.